The molecular formula is C16H11F3N8O. The quantitative estimate of drug-likeness (QED) is 0.364. The first kappa shape index (κ1) is 18.6. The number of alkyl halides is 3. The number of benzene rings is 1. The lowest BCUT2D eigenvalue weighted by Crippen LogP contribution is -2.32. The van der Waals surface area contributed by atoms with Crippen molar-refractivity contribution in [2.75, 3.05) is 16.8 Å². The number of rotatable bonds is 1. The SMILES string of the molecule is N#CNC1=NC(c2cc(O)cc(C(F)(F)F)c2)c2c(nc(N)c(C#N)c2N)N1. The zero-order chi connectivity index (χ0) is 20.6. The van der Waals surface area contributed by atoms with Gasteiger partial charge < -0.3 is 21.9 Å². The van der Waals surface area contributed by atoms with Gasteiger partial charge in [-0.15, -0.1) is 0 Å². The van der Waals surface area contributed by atoms with Crippen LogP contribution < -0.4 is 22.1 Å². The summed E-state index contributed by atoms with van der Waals surface area (Å²) < 4.78 is 39.4. The number of aromatic hydroxyl groups is 1. The number of hydrogen-bond acceptors (Lipinski definition) is 9. The van der Waals surface area contributed by atoms with Crippen LogP contribution in [0, 0.1) is 22.8 Å². The Labute approximate surface area is 155 Å². The van der Waals surface area contributed by atoms with Gasteiger partial charge >= 0.3 is 6.18 Å². The monoisotopic (exact) mass is 388 g/mol. The maximum atomic E-state index is 13.1. The minimum atomic E-state index is -4.72. The van der Waals surface area contributed by atoms with Crippen LogP contribution in [0.1, 0.15) is 28.3 Å². The van der Waals surface area contributed by atoms with Crippen molar-refractivity contribution in [1.29, 1.82) is 10.5 Å². The molecule has 2 aromatic rings. The average Bonchev–Trinajstić information content (AvgIpc) is 2.60. The number of nitrogens with two attached hydrogens (primary N) is 2. The van der Waals surface area contributed by atoms with E-state index in [4.69, 9.17) is 16.7 Å². The van der Waals surface area contributed by atoms with Gasteiger partial charge in [-0.05, 0) is 23.8 Å². The van der Waals surface area contributed by atoms with E-state index >= 15 is 0 Å². The number of phenols is 1. The second-order valence-electron chi connectivity index (χ2n) is 5.71. The third kappa shape index (κ3) is 3.14. The first-order valence-electron chi connectivity index (χ1n) is 7.55. The lowest BCUT2D eigenvalue weighted by Gasteiger charge is -2.26. The number of anilines is 3. The Morgan fingerprint density at radius 1 is 1.21 bits per heavy atom. The first-order chi connectivity index (χ1) is 13.2. The molecule has 1 aromatic carbocycles. The number of aliphatic imine (C=N–C) groups is 1. The molecule has 0 saturated heterocycles. The molecule has 142 valence electrons. The van der Waals surface area contributed by atoms with Gasteiger partial charge in [0, 0.05) is 5.56 Å². The van der Waals surface area contributed by atoms with Gasteiger partial charge in [0.1, 0.15) is 35.1 Å². The highest BCUT2D eigenvalue weighted by Crippen LogP contribution is 2.42. The maximum absolute atomic E-state index is 13.1. The van der Waals surface area contributed by atoms with Crippen LogP contribution >= 0.6 is 0 Å². The van der Waals surface area contributed by atoms with E-state index in [0.717, 1.165) is 12.1 Å². The molecule has 0 saturated carbocycles. The van der Waals surface area contributed by atoms with E-state index in [1.165, 1.54) is 0 Å². The average molecular weight is 388 g/mol. The molecule has 7 N–H and O–H groups in total. The third-order valence-electron chi connectivity index (χ3n) is 3.94. The summed E-state index contributed by atoms with van der Waals surface area (Å²) >= 11 is 0. The highest BCUT2D eigenvalue weighted by Gasteiger charge is 2.34. The second kappa shape index (κ2) is 6.51. The summed E-state index contributed by atoms with van der Waals surface area (Å²) in [7, 11) is 0. The molecule has 0 fully saturated rings. The molecule has 12 heteroatoms. The van der Waals surface area contributed by atoms with Gasteiger partial charge in [-0.3, -0.25) is 5.32 Å². The highest BCUT2D eigenvalue weighted by molar-refractivity contribution is 5.98. The standard InChI is InChI=1S/C16H11F3N8O/c17-16(18,19)7-1-6(2-8(28)3-7)12-10-11(22)9(4-20)13(23)26-14(10)27-15(25-12)24-5-21/h1-3,12,28H,(H6,22,23,24,25,26,27). The molecule has 2 heterocycles. The normalized spacial score (nSPS) is 15.5. The molecule has 0 aliphatic carbocycles. The Bertz CT molecular complexity index is 1080. The van der Waals surface area contributed by atoms with E-state index in [1.54, 1.807) is 12.3 Å². The van der Waals surface area contributed by atoms with Crippen LogP contribution in [0.15, 0.2) is 23.2 Å². The summed E-state index contributed by atoms with van der Waals surface area (Å²) in [5.41, 5.74) is 10.3. The first-order valence-corrected chi connectivity index (χ1v) is 7.55. The number of phenolic OH excluding ortho intramolecular Hbond substituents is 1. The molecule has 0 radical (unpaired) electrons. The fraction of sp³-hybridized carbons (Fsp3) is 0.125. The van der Waals surface area contributed by atoms with Gasteiger partial charge in [0.05, 0.1) is 11.3 Å². The van der Waals surface area contributed by atoms with E-state index in [0.29, 0.717) is 6.07 Å². The molecule has 0 bridgehead atoms. The number of hydrogen-bond donors (Lipinski definition) is 5. The van der Waals surface area contributed by atoms with Crippen LogP contribution in [0.4, 0.5) is 30.5 Å². The minimum absolute atomic E-state index is 0.0173. The van der Waals surface area contributed by atoms with Crippen LogP contribution in [0.25, 0.3) is 0 Å². The number of nitrogens with one attached hydrogen (secondary N) is 2. The number of fused-ring (bicyclic) bond motifs is 1. The highest BCUT2D eigenvalue weighted by atomic mass is 19.4. The van der Waals surface area contributed by atoms with Crippen LogP contribution in [-0.2, 0) is 6.18 Å². The second-order valence-corrected chi connectivity index (χ2v) is 5.71. The van der Waals surface area contributed by atoms with Crippen molar-refractivity contribution in [2.45, 2.75) is 12.2 Å². The lowest BCUT2D eigenvalue weighted by atomic mass is 9.93. The summed E-state index contributed by atoms with van der Waals surface area (Å²) in [6, 6.07) is 3.01. The predicted octanol–water partition coefficient (Wildman–Crippen LogP) is 1.78. The molecule has 1 aromatic heterocycles. The van der Waals surface area contributed by atoms with Crippen LogP contribution in [0.3, 0.4) is 0 Å². The fourth-order valence-corrected chi connectivity index (χ4v) is 2.78. The van der Waals surface area contributed by atoms with Crippen molar-refractivity contribution >= 4 is 23.3 Å². The molecule has 1 aliphatic heterocycles. The van der Waals surface area contributed by atoms with Gasteiger partial charge in [-0.1, -0.05) is 0 Å². The van der Waals surface area contributed by atoms with Gasteiger partial charge in [0.25, 0.3) is 0 Å². The van der Waals surface area contributed by atoms with Crippen LogP contribution in [-0.4, -0.2) is 16.1 Å². The summed E-state index contributed by atoms with van der Waals surface area (Å²) in [6.45, 7) is 0. The molecule has 0 amide bonds. The maximum Gasteiger partial charge on any atom is 0.416 e. The molecule has 1 unspecified atom stereocenters. The van der Waals surface area contributed by atoms with Gasteiger partial charge in [0.15, 0.2) is 6.19 Å². The Balaban J connectivity index is 2.28. The molecule has 28 heavy (non-hydrogen) atoms. The van der Waals surface area contributed by atoms with E-state index in [1.807, 2.05) is 0 Å². The molecule has 1 aliphatic rings. The molecule has 9 nitrogen and oxygen atoms in total. The molecule has 0 spiro atoms. The lowest BCUT2D eigenvalue weighted by molar-refractivity contribution is -0.137. The Kier molecular flexibility index (Phi) is 4.33. The zero-order valence-electron chi connectivity index (χ0n) is 13.8. The Morgan fingerprint density at radius 3 is 2.54 bits per heavy atom. The topological polar surface area (TPSA) is 169 Å². The Morgan fingerprint density at radius 2 is 1.93 bits per heavy atom. The van der Waals surface area contributed by atoms with Gasteiger partial charge in [0.2, 0.25) is 5.96 Å². The molecule has 1 atom stereocenters. The van der Waals surface area contributed by atoms with Crippen LogP contribution in [0.2, 0.25) is 0 Å². The number of nitriles is 2. The van der Waals surface area contributed by atoms with E-state index in [2.05, 4.69) is 20.6 Å². The number of nitrogen functional groups attached to an aromatic ring is 2. The summed E-state index contributed by atoms with van der Waals surface area (Å²) in [5, 5.41) is 32.7. The van der Waals surface area contributed by atoms with Crippen LogP contribution in [0.5, 0.6) is 5.75 Å². The summed E-state index contributed by atoms with van der Waals surface area (Å²) in [5.74, 6) is -0.941. The number of pyridine rings is 1. The predicted molar refractivity (Wildman–Crippen MR) is 92.5 cm³/mol. The molecular weight excluding hydrogens is 377 g/mol. The van der Waals surface area contributed by atoms with Crippen molar-refractivity contribution in [3.8, 4) is 18.0 Å². The van der Waals surface area contributed by atoms with Crippen molar-refractivity contribution in [3.05, 3.63) is 40.5 Å². The van der Waals surface area contributed by atoms with E-state index < -0.39 is 23.5 Å². The number of halogens is 3. The van der Waals surface area contributed by atoms with Crippen molar-refractivity contribution in [2.24, 2.45) is 4.99 Å². The number of nitrogens with zero attached hydrogens (tertiary/aromatic N) is 4. The molecule has 3 rings (SSSR count). The Hall–Kier alpha value is -4.19. The summed E-state index contributed by atoms with van der Waals surface area (Å²) in [6.07, 6.45) is -3.10. The largest absolute Gasteiger partial charge is 0.508 e. The number of aromatic nitrogens is 1. The smallest absolute Gasteiger partial charge is 0.416 e. The third-order valence-corrected chi connectivity index (χ3v) is 3.94. The number of guanidine groups is 1. The van der Waals surface area contributed by atoms with E-state index in [-0.39, 0.29) is 40.0 Å². The zero-order valence-corrected chi connectivity index (χ0v) is 13.8. The fourth-order valence-electron chi connectivity index (χ4n) is 2.78. The summed E-state index contributed by atoms with van der Waals surface area (Å²) in [4.78, 5) is 8.13. The van der Waals surface area contributed by atoms with Crippen molar-refractivity contribution in [1.82, 2.24) is 10.3 Å². The van der Waals surface area contributed by atoms with Gasteiger partial charge in [-0.25, -0.2) is 9.98 Å². The minimum Gasteiger partial charge on any atom is -0.508 e. The van der Waals surface area contributed by atoms with Gasteiger partial charge in [-0.2, -0.15) is 23.7 Å². The van der Waals surface area contributed by atoms with Crippen molar-refractivity contribution in [3.63, 3.8) is 0 Å². The van der Waals surface area contributed by atoms with E-state index in [9.17, 15) is 23.5 Å². The van der Waals surface area contributed by atoms with Crippen molar-refractivity contribution < 1.29 is 18.3 Å².